The maximum absolute atomic E-state index is 13.5. The summed E-state index contributed by atoms with van der Waals surface area (Å²) in [6.07, 6.45) is 2.45. The number of rotatable bonds is 8. The Morgan fingerprint density at radius 2 is 2.08 bits per heavy atom. The molecule has 1 amide bonds. The second-order valence-electron chi connectivity index (χ2n) is 6.37. The fourth-order valence-corrected chi connectivity index (χ4v) is 2.99. The van der Waals surface area contributed by atoms with Crippen LogP contribution in [0.4, 0.5) is 4.39 Å². The molecule has 7 heteroatoms. The third-order valence-corrected chi connectivity index (χ3v) is 4.35. The molecule has 2 rings (SSSR count). The lowest BCUT2D eigenvalue weighted by Gasteiger charge is -2.35. The predicted octanol–water partition coefficient (Wildman–Crippen LogP) is 2.08. The van der Waals surface area contributed by atoms with Gasteiger partial charge in [-0.25, -0.2) is 9.18 Å². The summed E-state index contributed by atoms with van der Waals surface area (Å²) in [5.41, 5.74) is 0. The highest BCUT2D eigenvalue weighted by atomic mass is 19.1. The third kappa shape index (κ3) is 5.69. The van der Waals surface area contributed by atoms with Crippen molar-refractivity contribution in [1.29, 1.82) is 0 Å². The van der Waals surface area contributed by atoms with Gasteiger partial charge in [0.2, 0.25) is 5.91 Å². The van der Waals surface area contributed by atoms with Crippen LogP contribution < -0.4 is 4.74 Å². The van der Waals surface area contributed by atoms with Crippen LogP contribution in [0.5, 0.6) is 5.75 Å². The molecule has 1 heterocycles. The number of carbonyl (C=O) groups is 2. The van der Waals surface area contributed by atoms with Crippen LogP contribution in [0.2, 0.25) is 0 Å². The van der Waals surface area contributed by atoms with Gasteiger partial charge in [0.1, 0.15) is 12.6 Å². The molecule has 0 bridgehead atoms. The van der Waals surface area contributed by atoms with Crippen molar-refractivity contribution in [3.63, 3.8) is 0 Å². The average Bonchev–Trinajstić information content (AvgIpc) is 2.63. The molecule has 1 aromatic carbocycles. The van der Waals surface area contributed by atoms with E-state index in [1.54, 1.807) is 42.0 Å². The summed E-state index contributed by atoms with van der Waals surface area (Å²) in [5.74, 6) is -0.635. The monoisotopic (exact) mass is 366 g/mol. The van der Waals surface area contributed by atoms with Crippen molar-refractivity contribution in [3.8, 4) is 5.75 Å². The molecule has 0 N–H and O–H groups in total. The van der Waals surface area contributed by atoms with Crippen LogP contribution in [0.15, 0.2) is 24.3 Å². The van der Waals surface area contributed by atoms with E-state index in [1.807, 2.05) is 0 Å². The lowest BCUT2D eigenvalue weighted by molar-refractivity contribution is -0.157. The number of ether oxygens (including phenoxy) is 2. The first kappa shape index (κ1) is 20.2. The van der Waals surface area contributed by atoms with E-state index in [2.05, 4.69) is 0 Å². The molecule has 1 fully saturated rings. The first-order valence-corrected chi connectivity index (χ1v) is 9.05. The number of halogens is 1. The summed E-state index contributed by atoms with van der Waals surface area (Å²) >= 11 is 0. The Balaban J connectivity index is 1.81. The quantitative estimate of drug-likeness (QED) is 0.660. The second-order valence-corrected chi connectivity index (χ2v) is 6.37. The lowest BCUT2D eigenvalue weighted by Crippen LogP contribution is -2.51. The van der Waals surface area contributed by atoms with Crippen molar-refractivity contribution in [1.82, 2.24) is 9.80 Å². The number of para-hydroxylation sites is 1. The Bertz CT molecular complexity index is 611. The summed E-state index contributed by atoms with van der Waals surface area (Å²) in [7, 11) is 1.80. The Morgan fingerprint density at radius 1 is 1.31 bits per heavy atom. The summed E-state index contributed by atoms with van der Waals surface area (Å²) < 4.78 is 24.0. The van der Waals surface area contributed by atoms with Gasteiger partial charge in [-0.1, -0.05) is 12.1 Å². The Hall–Kier alpha value is -2.15. The van der Waals surface area contributed by atoms with Gasteiger partial charge in [-0.05, 0) is 45.4 Å². The molecular formula is C19H27FN2O4. The van der Waals surface area contributed by atoms with E-state index in [0.29, 0.717) is 26.1 Å². The minimum absolute atomic E-state index is 0.101. The molecule has 1 atom stereocenters. The first-order valence-electron chi connectivity index (χ1n) is 9.05. The van der Waals surface area contributed by atoms with Gasteiger partial charge < -0.3 is 14.4 Å². The number of benzene rings is 1. The molecule has 1 saturated heterocycles. The lowest BCUT2D eigenvalue weighted by atomic mass is 10.0. The summed E-state index contributed by atoms with van der Waals surface area (Å²) in [5, 5.41) is 0. The number of carbonyl (C=O) groups excluding carboxylic acids is 2. The maximum atomic E-state index is 13.5. The van der Waals surface area contributed by atoms with Crippen LogP contribution in [-0.2, 0) is 14.3 Å². The number of hydrogen-bond acceptors (Lipinski definition) is 5. The zero-order valence-corrected chi connectivity index (χ0v) is 15.4. The van der Waals surface area contributed by atoms with E-state index in [0.717, 1.165) is 12.8 Å². The Morgan fingerprint density at radius 3 is 2.81 bits per heavy atom. The van der Waals surface area contributed by atoms with Crippen LogP contribution in [0.3, 0.4) is 0 Å². The van der Waals surface area contributed by atoms with Gasteiger partial charge in [-0.3, -0.25) is 9.69 Å². The van der Waals surface area contributed by atoms with E-state index in [4.69, 9.17) is 9.47 Å². The molecule has 0 spiro atoms. The van der Waals surface area contributed by atoms with E-state index >= 15 is 0 Å². The van der Waals surface area contributed by atoms with Crippen molar-refractivity contribution in [2.75, 3.05) is 39.9 Å². The van der Waals surface area contributed by atoms with E-state index in [9.17, 15) is 14.0 Å². The topological polar surface area (TPSA) is 59.1 Å². The van der Waals surface area contributed by atoms with Gasteiger partial charge in [0.05, 0.1) is 13.2 Å². The largest absolute Gasteiger partial charge is 0.489 e. The van der Waals surface area contributed by atoms with Gasteiger partial charge >= 0.3 is 5.97 Å². The number of piperidine rings is 1. The zero-order chi connectivity index (χ0) is 18.9. The van der Waals surface area contributed by atoms with Gasteiger partial charge in [0.25, 0.3) is 0 Å². The number of amides is 1. The van der Waals surface area contributed by atoms with E-state index in [1.165, 1.54) is 6.07 Å². The number of hydrogen-bond donors (Lipinski definition) is 0. The standard InChI is InChI=1S/C19H27FN2O4/c1-3-25-19(24)16-9-6-7-11-22(16)18(23)14-21(2)12-13-26-17-10-5-4-8-15(17)20/h4-5,8,10,16H,3,6-7,9,11-14H2,1-2H3. The molecule has 0 radical (unpaired) electrons. The van der Waals surface area contributed by atoms with Crippen LogP contribution >= 0.6 is 0 Å². The molecule has 26 heavy (non-hydrogen) atoms. The third-order valence-electron chi connectivity index (χ3n) is 4.35. The SMILES string of the molecule is CCOC(=O)C1CCCCN1C(=O)CN(C)CCOc1ccccc1F. The van der Waals surface area contributed by atoms with Crippen LogP contribution in [0, 0.1) is 5.82 Å². The highest BCUT2D eigenvalue weighted by molar-refractivity contribution is 5.85. The summed E-state index contributed by atoms with van der Waals surface area (Å²) in [6.45, 7) is 3.56. The molecule has 0 aliphatic carbocycles. The fourth-order valence-electron chi connectivity index (χ4n) is 2.99. The minimum Gasteiger partial charge on any atom is -0.489 e. The molecule has 1 aliphatic rings. The van der Waals surface area contributed by atoms with Crippen molar-refractivity contribution in [3.05, 3.63) is 30.1 Å². The fraction of sp³-hybridized carbons (Fsp3) is 0.579. The molecule has 1 aromatic rings. The van der Waals surface area contributed by atoms with Crippen LogP contribution in [0.25, 0.3) is 0 Å². The van der Waals surface area contributed by atoms with Crippen molar-refractivity contribution in [2.24, 2.45) is 0 Å². The number of nitrogens with zero attached hydrogens (tertiary/aromatic N) is 2. The normalized spacial score (nSPS) is 17.2. The molecule has 1 aliphatic heterocycles. The van der Waals surface area contributed by atoms with Crippen molar-refractivity contribution >= 4 is 11.9 Å². The molecule has 0 saturated carbocycles. The van der Waals surface area contributed by atoms with Crippen molar-refractivity contribution in [2.45, 2.75) is 32.2 Å². The molecule has 144 valence electrons. The number of likely N-dealkylation sites (tertiary alicyclic amines) is 1. The van der Waals surface area contributed by atoms with Crippen LogP contribution in [0.1, 0.15) is 26.2 Å². The number of likely N-dealkylation sites (N-methyl/N-ethyl adjacent to an activating group) is 1. The Labute approximate surface area is 153 Å². The van der Waals surface area contributed by atoms with Crippen molar-refractivity contribution < 1.29 is 23.5 Å². The van der Waals surface area contributed by atoms with Gasteiger partial charge in [0.15, 0.2) is 11.6 Å². The maximum Gasteiger partial charge on any atom is 0.328 e. The molecule has 6 nitrogen and oxygen atoms in total. The summed E-state index contributed by atoms with van der Waals surface area (Å²) in [6, 6.07) is 5.73. The first-order chi connectivity index (χ1) is 12.5. The molecule has 1 unspecified atom stereocenters. The van der Waals surface area contributed by atoms with E-state index < -0.39 is 11.9 Å². The average molecular weight is 366 g/mol. The highest BCUT2D eigenvalue weighted by Crippen LogP contribution is 2.19. The van der Waals surface area contributed by atoms with Crippen LogP contribution in [-0.4, -0.2) is 67.6 Å². The van der Waals surface area contributed by atoms with E-state index in [-0.39, 0.29) is 30.8 Å². The molecule has 0 aromatic heterocycles. The van der Waals surface area contributed by atoms with Gasteiger partial charge in [-0.15, -0.1) is 0 Å². The zero-order valence-electron chi connectivity index (χ0n) is 15.4. The van der Waals surface area contributed by atoms with Gasteiger partial charge in [0, 0.05) is 13.1 Å². The predicted molar refractivity (Wildman–Crippen MR) is 95.4 cm³/mol. The molecular weight excluding hydrogens is 339 g/mol. The second kappa shape index (κ2) is 10.1. The highest BCUT2D eigenvalue weighted by Gasteiger charge is 2.33. The van der Waals surface area contributed by atoms with Gasteiger partial charge in [-0.2, -0.15) is 0 Å². The summed E-state index contributed by atoms with van der Waals surface area (Å²) in [4.78, 5) is 28.1. The smallest absolute Gasteiger partial charge is 0.328 e. The minimum atomic E-state index is -0.487. The Kier molecular flexibility index (Phi) is 7.84. The number of esters is 1.